The number of carboxylic acids is 1. The highest BCUT2D eigenvalue weighted by Crippen LogP contribution is 2.39. The lowest BCUT2D eigenvalue weighted by molar-refractivity contribution is -0.139. The van der Waals surface area contributed by atoms with E-state index in [-0.39, 0.29) is 34.1 Å². The summed E-state index contributed by atoms with van der Waals surface area (Å²) >= 11 is 5.00. The summed E-state index contributed by atoms with van der Waals surface area (Å²) in [6.45, 7) is -3.28. The van der Waals surface area contributed by atoms with Gasteiger partial charge in [0.05, 0.1) is 68.6 Å². The normalized spacial score (nSPS) is 13.1. The number of amides is 5. The van der Waals surface area contributed by atoms with Crippen molar-refractivity contribution < 1.29 is 59.7 Å². The molecule has 8 N–H and O–H groups in total. The van der Waals surface area contributed by atoms with Crippen LogP contribution >= 0.6 is 67.8 Å². The van der Waals surface area contributed by atoms with E-state index >= 15 is 0 Å². The van der Waals surface area contributed by atoms with Gasteiger partial charge in [-0.05, 0) is 67.8 Å². The lowest BCUT2D eigenvalue weighted by atomic mass is 10.1. The number of urea groups is 1. The molecule has 0 bridgehead atoms. The Kier molecular flexibility index (Phi) is 16.3. The Hall–Kier alpha value is -1.48. The summed E-state index contributed by atoms with van der Waals surface area (Å²) in [6.07, 6.45) is -5.23. The van der Waals surface area contributed by atoms with Crippen LogP contribution in [-0.4, -0.2) is 147 Å². The number of rotatable bonds is 14. The summed E-state index contributed by atoms with van der Waals surface area (Å²) < 4.78 is -0.0688. The Bertz CT molecular complexity index is 1190. The summed E-state index contributed by atoms with van der Waals surface area (Å²) in [5.41, 5.74) is -0.758. The largest absolute Gasteiger partial charge is 0.481 e. The van der Waals surface area contributed by atoms with Gasteiger partial charge < -0.3 is 50.9 Å². The third kappa shape index (κ3) is 10.0. The zero-order chi connectivity index (χ0) is 32.5. The van der Waals surface area contributed by atoms with Crippen molar-refractivity contribution in [2.75, 3.05) is 58.5 Å². The molecule has 0 saturated heterocycles. The fourth-order valence-electron chi connectivity index (χ4n) is 3.40. The first-order valence-corrected chi connectivity index (χ1v) is 15.2. The van der Waals surface area contributed by atoms with Gasteiger partial charge in [-0.3, -0.25) is 19.2 Å². The van der Waals surface area contributed by atoms with Crippen molar-refractivity contribution in [1.29, 1.82) is 0 Å². The van der Waals surface area contributed by atoms with Crippen LogP contribution in [-0.2, 0) is 9.59 Å². The number of carbonyl (C=O) groups excluding carboxylic acids is 4. The van der Waals surface area contributed by atoms with Crippen molar-refractivity contribution in [2.45, 2.75) is 24.7 Å². The van der Waals surface area contributed by atoms with Crippen LogP contribution in [0.3, 0.4) is 0 Å². The van der Waals surface area contributed by atoms with Crippen LogP contribution in [0.5, 0.6) is 0 Å². The summed E-state index contributed by atoms with van der Waals surface area (Å²) in [5, 5.41) is 68.7. The summed E-state index contributed by atoms with van der Waals surface area (Å²) in [4.78, 5) is 67.5. The van der Waals surface area contributed by atoms with E-state index in [1.807, 2.05) is 0 Å². The highest BCUT2D eigenvalue weighted by atomic mass is 127. The van der Waals surface area contributed by atoms with Crippen LogP contribution in [0.4, 0.5) is 10.5 Å². The van der Waals surface area contributed by atoms with E-state index in [1.54, 1.807) is 67.8 Å². The van der Waals surface area contributed by atoms with Gasteiger partial charge >= 0.3 is 12.0 Å². The second-order valence-corrected chi connectivity index (χ2v) is 12.1. The second kappa shape index (κ2) is 17.7. The molecule has 0 aliphatic carbocycles. The minimum atomic E-state index is -1.59. The molecule has 0 saturated carbocycles. The topological polar surface area (TPSA) is 249 Å². The van der Waals surface area contributed by atoms with Crippen molar-refractivity contribution >= 4 is 103 Å². The molecule has 1 aromatic rings. The average Bonchev–Trinajstić information content (AvgIpc) is 2.92. The van der Waals surface area contributed by atoms with E-state index < -0.39 is 87.4 Å². The van der Waals surface area contributed by atoms with Gasteiger partial charge in [-0.2, -0.15) is 0 Å². The number of likely N-dealkylation sites (N-methyl/N-ethyl adjacent to an activating group) is 2. The number of aliphatic carboxylic acids is 1. The molecular formula is C23H31I3N4O12. The second-order valence-electron chi connectivity index (χ2n) is 8.91. The number of halogens is 3. The maximum absolute atomic E-state index is 13.6. The molecule has 3 unspecified atom stereocenters. The summed E-state index contributed by atoms with van der Waals surface area (Å²) in [5.74, 6) is -4.50. The van der Waals surface area contributed by atoms with Gasteiger partial charge in [0.25, 0.3) is 11.8 Å². The minimum absolute atomic E-state index is 0.0404. The van der Waals surface area contributed by atoms with E-state index in [2.05, 4.69) is 5.32 Å². The maximum Gasteiger partial charge on any atom is 0.331 e. The highest BCUT2D eigenvalue weighted by Gasteiger charge is 2.37. The molecule has 1 aromatic carbocycles. The molecule has 3 atom stereocenters. The molecule has 0 aromatic heterocycles. The molecule has 0 radical (unpaired) electrons. The molecule has 236 valence electrons. The molecule has 0 aliphatic rings. The molecule has 1 rings (SSSR count). The molecular weight excluding hydrogens is 905 g/mol. The number of nitrogens with one attached hydrogen (secondary N) is 1. The van der Waals surface area contributed by atoms with Crippen LogP contribution in [0, 0.1) is 10.7 Å². The highest BCUT2D eigenvalue weighted by molar-refractivity contribution is 14.1. The van der Waals surface area contributed by atoms with Crippen molar-refractivity contribution in [2.24, 2.45) is 0 Å². The van der Waals surface area contributed by atoms with E-state index in [4.69, 9.17) is 5.11 Å². The number of hydrogen-bond donors (Lipinski definition) is 8. The first-order chi connectivity index (χ1) is 19.5. The Morgan fingerprint density at radius 2 is 1.24 bits per heavy atom. The number of hydrogen-bond acceptors (Lipinski definition) is 11. The van der Waals surface area contributed by atoms with Crippen LogP contribution in [0.15, 0.2) is 0 Å². The molecule has 42 heavy (non-hydrogen) atoms. The number of carbonyl (C=O) groups is 5. The number of aliphatic hydroxyl groups is 6. The van der Waals surface area contributed by atoms with Gasteiger partial charge in [0.1, 0.15) is 6.42 Å². The monoisotopic (exact) mass is 936 g/mol. The Morgan fingerprint density at radius 3 is 1.71 bits per heavy atom. The van der Waals surface area contributed by atoms with Gasteiger partial charge in [0.2, 0.25) is 5.91 Å². The van der Waals surface area contributed by atoms with Gasteiger partial charge in [-0.1, -0.05) is 0 Å². The SMILES string of the molecule is CN(CC(O)CO)C(=O)c1c(I)c(C(=O)NCC(O)CO)c(I)c(N(C(=O)CC(=O)O)C(=O)N(C)CC(O)CO)c1I. The average molecular weight is 936 g/mol. The van der Waals surface area contributed by atoms with Gasteiger partial charge in [0.15, 0.2) is 0 Å². The lowest BCUT2D eigenvalue weighted by Gasteiger charge is -2.31. The molecule has 16 nitrogen and oxygen atoms in total. The summed E-state index contributed by atoms with van der Waals surface area (Å²) in [6, 6.07) is -1.14. The lowest BCUT2D eigenvalue weighted by Crippen LogP contribution is -2.49. The quantitative estimate of drug-likeness (QED) is 0.0763. The Labute approximate surface area is 281 Å². The van der Waals surface area contributed by atoms with Crippen molar-refractivity contribution in [1.82, 2.24) is 15.1 Å². The van der Waals surface area contributed by atoms with Crippen LogP contribution < -0.4 is 10.2 Å². The Morgan fingerprint density at radius 1 is 0.762 bits per heavy atom. The minimum Gasteiger partial charge on any atom is -0.481 e. The Balaban J connectivity index is 4.06. The van der Waals surface area contributed by atoms with E-state index in [0.29, 0.717) is 4.90 Å². The first-order valence-electron chi connectivity index (χ1n) is 11.9. The molecule has 5 amide bonds. The number of nitrogens with zero attached hydrogens (tertiary/aromatic N) is 3. The predicted octanol–water partition coefficient (Wildman–Crippen LogP) is -1.78. The predicted molar refractivity (Wildman–Crippen MR) is 171 cm³/mol. The van der Waals surface area contributed by atoms with Gasteiger partial charge in [-0.25, -0.2) is 9.69 Å². The number of aliphatic hydroxyl groups excluding tert-OH is 6. The van der Waals surface area contributed by atoms with Gasteiger partial charge in [-0.15, -0.1) is 0 Å². The van der Waals surface area contributed by atoms with Crippen molar-refractivity contribution in [3.8, 4) is 0 Å². The van der Waals surface area contributed by atoms with Crippen LogP contribution in [0.2, 0.25) is 0 Å². The standard InChI is InChI=1S/C23H31I3N4O12/c1-28(5-11(35)8-32)22(41)16-17(24)15(21(40)27-4-10(34)7-31)18(25)20(19(16)26)30(13(37)3-14(38)39)23(42)29(2)6-12(36)9-33/h10-12,31-36H,3-9H2,1-2H3,(H,27,40)(H,38,39). The first kappa shape index (κ1) is 38.5. The fraction of sp³-hybridized carbons (Fsp3) is 0.522. The smallest absolute Gasteiger partial charge is 0.331 e. The fourth-order valence-corrected chi connectivity index (χ4v) is 8.00. The van der Waals surface area contributed by atoms with Crippen LogP contribution in [0.25, 0.3) is 0 Å². The van der Waals surface area contributed by atoms with Crippen molar-refractivity contribution in [3.63, 3.8) is 0 Å². The van der Waals surface area contributed by atoms with E-state index in [9.17, 15) is 54.6 Å². The molecule has 19 heteroatoms. The number of imide groups is 1. The van der Waals surface area contributed by atoms with E-state index in [1.165, 1.54) is 14.1 Å². The number of carboxylic acid groups (broad SMARTS) is 1. The number of benzene rings is 1. The third-order valence-electron chi connectivity index (χ3n) is 5.47. The zero-order valence-electron chi connectivity index (χ0n) is 22.3. The van der Waals surface area contributed by atoms with Crippen LogP contribution in [0.1, 0.15) is 27.1 Å². The number of anilines is 1. The third-order valence-corrected chi connectivity index (χ3v) is 8.65. The summed E-state index contributed by atoms with van der Waals surface area (Å²) in [7, 11) is 2.47. The molecule has 0 spiro atoms. The zero-order valence-corrected chi connectivity index (χ0v) is 28.8. The molecule has 0 aliphatic heterocycles. The maximum atomic E-state index is 13.6. The van der Waals surface area contributed by atoms with Gasteiger partial charge in [0, 0.05) is 30.8 Å². The van der Waals surface area contributed by atoms with Crippen molar-refractivity contribution in [3.05, 3.63) is 21.8 Å². The molecule has 0 fully saturated rings. The van der Waals surface area contributed by atoms with E-state index in [0.717, 1.165) is 9.80 Å². The molecule has 0 heterocycles.